The molecule has 134 valence electrons. The van der Waals surface area contributed by atoms with E-state index in [9.17, 15) is 10.1 Å². The number of amides is 1. The predicted molar refractivity (Wildman–Crippen MR) is 103 cm³/mol. The second kappa shape index (κ2) is 8.39. The third-order valence-corrected chi connectivity index (χ3v) is 4.49. The minimum atomic E-state index is -0.441. The molecule has 0 aliphatic carbocycles. The Balaban J connectivity index is 1.71. The van der Waals surface area contributed by atoms with E-state index in [2.05, 4.69) is 10.2 Å². The number of hydrogen-bond acceptors (Lipinski definition) is 4. The summed E-state index contributed by atoms with van der Waals surface area (Å²) in [6.07, 6.45) is 6.32. The topological polar surface area (TPSA) is 69.3 Å². The number of rotatable bonds is 4. The number of nitriles is 1. The molecule has 1 aromatic carbocycles. The molecule has 2 aromatic rings. The summed E-state index contributed by atoms with van der Waals surface area (Å²) in [5.74, 6) is 0.873. The third kappa shape index (κ3) is 4.54. The van der Waals surface area contributed by atoms with Crippen LogP contribution in [0.4, 0.5) is 11.6 Å². The number of benzene rings is 1. The lowest BCUT2D eigenvalue weighted by molar-refractivity contribution is -0.112. The number of aryl methyl sites for hydroxylation is 1. The van der Waals surface area contributed by atoms with Crippen molar-refractivity contribution < 1.29 is 9.21 Å². The summed E-state index contributed by atoms with van der Waals surface area (Å²) in [5, 5.41) is 12.1. The van der Waals surface area contributed by atoms with Gasteiger partial charge in [0, 0.05) is 30.9 Å². The Morgan fingerprint density at radius 1 is 1.12 bits per heavy atom. The maximum Gasteiger partial charge on any atom is 0.266 e. The zero-order chi connectivity index (χ0) is 18.4. The van der Waals surface area contributed by atoms with Gasteiger partial charge in [0.25, 0.3) is 5.91 Å². The van der Waals surface area contributed by atoms with Gasteiger partial charge in [-0.15, -0.1) is 0 Å². The van der Waals surface area contributed by atoms with Crippen LogP contribution in [0, 0.1) is 18.3 Å². The molecule has 0 radical (unpaired) electrons. The highest BCUT2D eigenvalue weighted by molar-refractivity contribution is 6.09. The molecule has 2 heterocycles. The Hall–Kier alpha value is -3.00. The Morgan fingerprint density at radius 3 is 2.46 bits per heavy atom. The number of carbonyl (C=O) groups is 1. The molecule has 1 N–H and O–H groups in total. The highest BCUT2D eigenvalue weighted by Gasteiger charge is 2.15. The fourth-order valence-corrected chi connectivity index (χ4v) is 3.01. The molecule has 0 unspecified atom stereocenters. The number of carbonyl (C=O) groups excluding carboxylic acids is 1. The maximum atomic E-state index is 12.3. The lowest BCUT2D eigenvalue weighted by Crippen LogP contribution is -2.23. The number of nitrogens with zero attached hydrogens (tertiary/aromatic N) is 2. The second-order valence-corrected chi connectivity index (χ2v) is 6.57. The van der Waals surface area contributed by atoms with Gasteiger partial charge in [-0.1, -0.05) is 30.5 Å². The monoisotopic (exact) mass is 349 g/mol. The summed E-state index contributed by atoms with van der Waals surface area (Å²) in [4.78, 5) is 14.6. The van der Waals surface area contributed by atoms with Gasteiger partial charge in [0.05, 0.1) is 0 Å². The van der Waals surface area contributed by atoms with Crippen molar-refractivity contribution in [1.82, 2.24) is 0 Å². The fraction of sp³-hybridized carbons (Fsp3) is 0.333. The molecular formula is C21H23N3O2. The Bertz CT molecular complexity index is 820. The second-order valence-electron chi connectivity index (χ2n) is 6.57. The standard InChI is InChI=1S/C21H23N3O2/c1-16-6-8-18(9-7-16)23-21(25)17(15-22)14-19-10-11-20(26-19)24-12-4-2-3-5-13-24/h6-11,14H,2-5,12-13H2,1H3,(H,23,25). The average molecular weight is 349 g/mol. The minimum Gasteiger partial charge on any atom is -0.441 e. The maximum absolute atomic E-state index is 12.3. The molecule has 5 nitrogen and oxygen atoms in total. The van der Waals surface area contributed by atoms with Gasteiger partial charge in [-0.2, -0.15) is 5.26 Å². The molecule has 1 amide bonds. The van der Waals surface area contributed by atoms with Crippen LogP contribution in [-0.4, -0.2) is 19.0 Å². The molecule has 0 saturated carbocycles. The molecular weight excluding hydrogens is 326 g/mol. The van der Waals surface area contributed by atoms with Crippen molar-refractivity contribution in [2.24, 2.45) is 0 Å². The average Bonchev–Trinajstić information content (AvgIpc) is 2.94. The van der Waals surface area contributed by atoms with Crippen LogP contribution >= 0.6 is 0 Å². The number of hydrogen-bond donors (Lipinski definition) is 1. The zero-order valence-corrected chi connectivity index (χ0v) is 15.0. The molecule has 0 bridgehead atoms. The SMILES string of the molecule is Cc1ccc(NC(=O)C(C#N)=Cc2ccc(N3CCCCCC3)o2)cc1. The lowest BCUT2D eigenvalue weighted by Gasteiger charge is -2.18. The summed E-state index contributed by atoms with van der Waals surface area (Å²) in [6.45, 7) is 3.94. The van der Waals surface area contributed by atoms with Gasteiger partial charge in [-0.3, -0.25) is 4.79 Å². The van der Waals surface area contributed by atoms with E-state index in [1.807, 2.05) is 43.3 Å². The smallest absolute Gasteiger partial charge is 0.266 e. The van der Waals surface area contributed by atoms with Crippen molar-refractivity contribution in [1.29, 1.82) is 5.26 Å². The fourth-order valence-electron chi connectivity index (χ4n) is 3.01. The summed E-state index contributed by atoms with van der Waals surface area (Å²) >= 11 is 0. The van der Waals surface area contributed by atoms with Crippen LogP contribution < -0.4 is 10.2 Å². The molecule has 1 aliphatic rings. The van der Waals surface area contributed by atoms with E-state index in [0.717, 1.165) is 37.4 Å². The molecule has 1 saturated heterocycles. The Morgan fingerprint density at radius 2 is 1.81 bits per heavy atom. The first-order valence-electron chi connectivity index (χ1n) is 9.00. The summed E-state index contributed by atoms with van der Waals surface area (Å²) in [5.41, 5.74) is 1.78. The van der Waals surface area contributed by atoms with Gasteiger partial charge in [0.1, 0.15) is 17.4 Å². The molecule has 1 fully saturated rings. The molecule has 0 atom stereocenters. The first-order chi connectivity index (χ1) is 12.7. The number of furan rings is 1. The van der Waals surface area contributed by atoms with Crippen LogP contribution in [0.3, 0.4) is 0 Å². The van der Waals surface area contributed by atoms with Crippen LogP contribution in [0.25, 0.3) is 6.08 Å². The van der Waals surface area contributed by atoms with Crippen LogP contribution in [-0.2, 0) is 4.79 Å². The first kappa shape index (κ1) is 17.8. The Labute approximate surface area is 153 Å². The number of anilines is 2. The summed E-state index contributed by atoms with van der Waals surface area (Å²) < 4.78 is 5.85. The van der Waals surface area contributed by atoms with Crippen LogP contribution in [0.1, 0.15) is 37.0 Å². The van der Waals surface area contributed by atoms with Crippen molar-refractivity contribution in [2.75, 3.05) is 23.3 Å². The molecule has 5 heteroatoms. The Kier molecular flexibility index (Phi) is 5.75. The normalized spacial score (nSPS) is 15.2. The first-order valence-corrected chi connectivity index (χ1v) is 9.00. The van der Waals surface area contributed by atoms with E-state index in [1.165, 1.54) is 18.9 Å². The quantitative estimate of drug-likeness (QED) is 0.651. The van der Waals surface area contributed by atoms with Gasteiger partial charge in [0.2, 0.25) is 0 Å². The van der Waals surface area contributed by atoms with Crippen LogP contribution in [0.2, 0.25) is 0 Å². The van der Waals surface area contributed by atoms with E-state index in [1.54, 1.807) is 6.07 Å². The van der Waals surface area contributed by atoms with Gasteiger partial charge in [-0.25, -0.2) is 0 Å². The molecule has 1 aliphatic heterocycles. The number of nitrogens with one attached hydrogen (secondary N) is 1. The highest BCUT2D eigenvalue weighted by atomic mass is 16.4. The van der Waals surface area contributed by atoms with Gasteiger partial charge in [-0.05, 0) is 38.0 Å². The summed E-state index contributed by atoms with van der Waals surface area (Å²) in [6, 6.07) is 13.1. The van der Waals surface area contributed by atoms with Gasteiger partial charge in [0.15, 0.2) is 5.88 Å². The molecule has 26 heavy (non-hydrogen) atoms. The van der Waals surface area contributed by atoms with E-state index in [4.69, 9.17) is 4.42 Å². The van der Waals surface area contributed by atoms with Crippen LogP contribution in [0.15, 0.2) is 46.4 Å². The van der Waals surface area contributed by atoms with E-state index >= 15 is 0 Å². The predicted octanol–water partition coefficient (Wildman–Crippen LogP) is 4.51. The van der Waals surface area contributed by atoms with Gasteiger partial charge >= 0.3 is 0 Å². The lowest BCUT2D eigenvalue weighted by atomic mass is 10.2. The zero-order valence-electron chi connectivity index (χ0n) is 15.0. The van der Waals surface area contributed by atoms with Crippen molar-refractivity contribution in [3.05, 3.63) is 53.3 Å². The van der Waals surface area contributed by atoms with Gasteiger partial charge < -0.3 is 14.6 Å². The summed E-state index contributed by atoms with van der Waals surface area (Å²) in [7, 11) is 0. The van der Waals surface area contributed by atoms with E-state index in [0.29, 0.717) is 11.4 Å². The third-order valence-electron chi connectivity index (χ3n) is 4.49. The van der Waals surface area contributed by atoms with Crippen molar-refractivity contribution in [2.45, 2.75) is 32.6 Å². The van der Waals surface area contributed by atoms with E-state index in [-0.39, 0.29) is 5.57 Å². The highest BCUT2D eigenvalue weighted by Crippen LogP contribution is 2.23. The molecule has 0 spiro atoms. The van der Waals surface area contributed by atoms with Crippen LogP contribution in [0.5, 0.6) is 0 Å². The minimum absolute atomic E-state index is 0.0161. The van der Waals surface area contributed by atoms with Crippen molar-refractivity contribution in [3.63, 3.8) is 0 Å². The molecule has 1 aromatic heterocycles. The van der Waals surface area contributed by atoms with E-state index < -0.39 is 5.91 Å². The van der Waals surface area contributed by atoms with Crippen molar-refractivity contribution >= 4 is 23.6 Å². The molecule has 3 rings (SSSR count). The largest absolute Gasteiger partial charge is 0.441 e. The van der Waals surface area contributed by atoms with Crippen molar-refractivity contribution in [3.8, 4) is 6.07 Å².